The molecule has 0 saturated carbocycles. The zero-order chi connectivity index (χ0) is 12.9. The monoisotopic (exact) mass is 279 g/mol. The van der Waals surface area contributed by atoms with E-state index in [0.717, 1.165) is 6.26 Å². The maximum absolute atomic E-state index is 10.7. The summed E-state index contributed by atoms with van der Waals surface area (Å²) in [6.45, 7) is 0.859. The van der Waals surface area contributed by atoms with E-state index in [1.807, 2.05) is 0 Å². The van der Waals surface area contributed by atoms with Crippen molar-refractivity contribution in [1.29, 1.82) is 0 Å². The van der Waals surface area contributed by atoms with Crippen LogP contribution in [-0.2, 0) is 10.0 Å². The lowest BCUT2D eigenvalue weighted by Gasteiger charge is -2.03. The Bertz CT molecular complexity index is 483. The lowest BCUT2D eigenvalue weighted by molar-refractivity contribution is 0.0691. The Balaban J connectivity index is 2.24. The zero-order valence-electron chi connectivity index (χ0n) is 9.13. The number of nitrogens with one attached hydrogen (secondary N) is 2. The van der Waals surface area contributed by atoms with Gasteiger partial charge >= 0.3 is 5.97 Å². The highest BCUT2D eigenvalue weighted by Crippen LogP contribution is 2.14. The third-order valence-electron chi connectivity index (χ3n) is 1.72. The Morgan fingerprint density at radius 3 is 2.76 bits per heavy atom. The lowest BCUT2D eigenvalue weighted by atomic mass is 10.4. The first-order valence-electron chi connectivity index (χ1n) is 4.76. The standard InChI is InChI=1S/C8H13N3O4S2/c1-17(14,15)10-4-2-3-9-8-11-6(5-16-8)7(12)13/h5,10H,2-4H2,1H3,(H,9,11)(H,12,13). The lowest BCUT2D eigenvalue weighted by Crippen LogP contribution is -2.24. The molecular formula is C8H13N3O4S2. The molecular weight excluding hydrogens is 266 g/mol. The third kappa shape index (κ3) is 5.61. The molecule has 9 heteroatoms. The van der Waals surface area contributed by atoms with Crippen molar-refractivity contribution < 1.29 is 18.3 Å². The largest absolute Gasteiger partial charge is 0.476 e. The third-order valence-corrected chi connectivity index (χ3v) is 3.25. The van der Waals surface area contributed by atoms with Crippen LogP contribution in [0.25, 0.3) is 0 Å². The van der Waals surface area contributed by atoms with Gasteiger partial charge in [0.05, 0.1) is 6.26 Å². The normalized spacial score (nSPS) is 11.4. The van der Waals surface area contributed by atoms with E-state index in [1.165, 1.54) is 16.7 Å². The van der Waals surface area contributed by atoms with Crippen molar-refractivity contribution in [2.75, 3.05) is 24.7 Å². The van der Waals surface area contributed by atoms with E-state index in [-0.39, 0.29) is 5.69 Å². The van der Waals surface area contributed by atoms with Gasteiger partial charge in [-0.25, -0.2) is 22.9 Å². The number of carboxylic acid groups (broad SMARTS) is 1. The van der Waals surface area contributed by atoms with Crippen molar-refractivity contribution >= 4 is 32.5 Å². The molecule has 0 unspecified atom stereocenters. The number of sulfonamides is 1. The SMILES string of the molecule is CS(=O)(=O)NCCCNc1nc(C(=O)O)cs1. The van der Waals surface area contributed by atoms with Crippen LogP contribution < -0.4 is 10.0 Å². The van der Waals surface area contributed by atoms with Crippen molar-refractivity contribution in [3.05, 3.63) is 11.1 Å². The van der Waals surface area contributed by atoms with Crippen LogP contribution in [0.5, 0.6) is 0 Å². The number of aromatic nitrogens is 1. The zero-order valence-corrected chi connectivity index (χ0v) is 10.8. The second kappa shape index (κ2) is 5.94. The molecule has 0 aliphatic heterocycles. The van der Waals surface area contributed by atoms with E-state index in [9.17, 15) is 13.2 Å². The topological polar surface area (TPSA) is 108 Å². The van der Waals surface area contributed by atoms with Crippen LogP contribution in [0.4, 0.5) is 5.13 Å². The van der Waals surface area contributed by atoms with Crippen LogP contribution in [0, 0.1) is 0 Å². The van der Waals surface area contributed by atoms with Gasteiger partial charge in [0.2, 0.25) is 10.0 Å². The first-order valence-corrected chi connectivity index (χ1v) is 7.53. The number of anilines is 1. The minimum atomic E-state index is -3.14. The van der Waals surface area contributed by atoms with Crippen molar-refractivity contribution in [3.63, 3.8) is 0 Å². The average Bonchev–Trinajstić information content (AvgIpc) is 2.64. The molecule has 0 amide bonds. The van der Waals surface area contributed by atoms with E-state index < -0.39 is 16.0 Å². The minimum absolute atomic E-state index is 0.00626. The molecule has 1 heterocycles. The van der Waals surface area contributed by atoms with E-state index in [2.05, 4.69) is 15.0 Å². The van der Waals surface area contributed by atoms with E-state index in [0.29, 0.717) is 24.6 Å². The molecule has 0 bridgehead atoms. The van der Waals surface area contributed by atoms with Crippen molar-refractivity contribution in [3.8, 4) is 0 Å². The molecule has 0 radical (unpaired) electrons. The van der Waals surface area contributed by atoms with Gasteiger partial charge in [-0.3, -0.25) is 0 Å². The van der Waals surface area contributed by atoms with Gasteiger partial charge in [-0.15, -0.1) is 11.3 Å². The van der Waals surface area contributed by atoms with Crippen LogP contribution in [0.15, 0.2) is 5.38 Å². The van der Waals surface area contributed by atoms with Gasteiger partial charge in [0.1, 0.15) is 0 Å². The van der Waals surface area contributed by atoms with Crippen LogP contribution in [-0.4, -0.2) is 43.8 Å². The molecule has 0 aliphatic rings. The summed E-state index contributed by atoms with van der Waals surface area (Å²) < 4.78 is 23.8. The summed E-state index contributed by atoms with van der Waals surface area (Å²) in [5.74, 6) is -1.06. The summed E-state index contributed by atoms with van der Waals surface area (Å²) >= 11 is 1.20. The molecule has 7 nitrogen and oxygen atoms in total. The number of nitrogens with zero attached hydrogens (tertiary/aromatic N) is 1. The number of hydrogen-bond acceptors (Lipinski definition) is 6. The fourth-order valence-electron chi connectivity index (χ4n) is 0.994. The second-order valence-corrected chi connectivity index (χ2v) is 5.98. The van der Waals surface area contributed by atoms with Gasteiger partial charge in [-0.05, 0) is 6.42 Å². The van der Waals surface area contributed by atoms with E-state index in [1.54, 1.807) is 0 Å². The Morgan fingerprint density at radius 2 is 2.24 bits per heavy atom. The van der Waals surface area contributed by atoms with E-state index in [4.69, 9.17) is 5.11 Å². The fraction of sp³-hybridized carbons (Fsp3) is 0.500. The number of hydrogen-bond donors (Lipinski definition) is 3. The highest BCUT2D eigenvalue weighted by atomic mass is 32.2. The Morgan fingerprint density at radius 1 is 1.53 bits per heavy atom. The van der Waals surface area contributed by atoms with Gasteiger partial charge in [-0.2, -0.15) is 0 Å². The highest BCUT2D eigenvalue weighted by Gasteiger charge is 2.07. The number of carboxylic acids is 1. The quantitative estimate of drug-likeness (QED) is 0.615. The van der Waals surface area contributed by atoms with Gasteiger partial charge in [-0.1, -0.05) is 0 Å². The van der Waals surface area contributed by atoms with E-state index >= 15 is 0 Å². The van der Waals surface area contributed by atoms with Crippen LogP contribution >= 0.6 is 11.3 Å². The van der Waals surface area contributed by atoms with Crippen molar-refractivity contribution in [2.45, 2.75) is 6.42 Å². The Labute approximate surface area is 103 Å². The first kappa shape index (κ1) is 13.9. The molecule has 0 aromatic carbocycles. The molecule has 0 atom stereocenters. The molecule has 1 aromatic heterocycles. The van der Waals surface area contributed by atoms with Crippen LogP contribution in [0.1, 0.15) is 16.9 Å². The van der Waals surface area contributed by atoms with Gasteiger partial charge in [0.25, 0.3) is 0 Å². The summed E-state index contributed by atoms with van der Waals surface area (Å²) in [6, 6.07) is 0. The molecule has 1 rings (SSSR count). The fourth-order valence-corrected chi connectivity index (χ4v) is 2.22. The number of thiazole rings is 1. The molecule has 0 fully saturated rings. The summed E-state index contributed by atoms with van der Waals surface area (Å²) in [4.78, 5) is 14.4. The molecule has 96 valence electrons. The molecule has 0 spiro atoms. The average molecular weight is 279 g/mol. The maximum Gasteiger partial charge on any atom is 0.355 e. The van der Waals surface area contributed by atoms with Crippen LogP contribution in [0.2, 0.25) is 0 Å². The van der Waals surface area contributed by atoms with Gasteiger partial charge in [0.15, 0.2) is 10.8 Å². The molecule has 17 heavy (non-hydrogen) atoms. The van der Waals surface area contributed by atoms with Crippen molar-refractivity contribution in [1.82, 2.24) is 9.71 Å². The molecule has 3 N–H and O–H groups in total. The minimum Gasteiger partial charge on any atom is -0.476 e. The smallest absolute Gasteiger partial charge is 0.355 e. The second-order valence-electron chi connectivity index (χ2n) is 3.29. The number of rotatable bonds is 7. The number of aromatic carboxylic acids is 1. The number of carbonyl (C=O) groups is 1. The molecule has 0 saturated heterocycles. The van der Waals surface area contributed by atoms with Gasteiger partial charge in [0, 0.05) is 18.5 Å². The van der Waals surface area contributed by atoms with Gasteiger partial charge < -0.3 is 10.4 Å². The van der Waals surface area contributed by atoms with Crippen molar-refractivity contribution in [2.24, 2.45) is 0 Å². The molecule has 0 aliphatic carbocycles. The summed E-state index contributed by atoms with van der Waals surface area (Å²) in [7, 11) is -3.14. The summed E-state index contributed by atoms with van der Waals surface area (Å²) in [5, 5.41) is 13.5. The maximum atomic E-state index is 10.7. The Kier molecular flexibility index (Phi) is 4.85. The summed E-state index contributed by atoms with van der Waals surface area (Å²) in [6.07, 6.45) is 1.69. The van der Waals surface area contributed by atoms with Crippen LogP contribution in [0.3, 0.4) is 0 Å². The Hall–Kier alpha value is -1.19. The predicted molar refractivity (Wildman–Crippen MR) is 65.0 cm³/mol. The highest BCUT2D eigenvalue weighted by molar-refractivity contribution is 7.88. The molecule has 1 aromatic rings. The first-order chi connectivity index (χ1) is 7.88. The summed E-state index contributed by atoms with van der Waals surface area (Å²) in [5.41, 5.74) is 0.00626. The predicted octanol–water partition coefficient (Wildman–Crippen LogP) is 0.192.